The van der Waals surface area contributed by atoms with Crippen LogP contribution in [0.1, 0.15) is 73.9 Å². The zero-order valence-electron chi connectivity index (χ0n) is 24.2. The lowest BCUT2D eigenvalue weighted by Gasteiger charge is -2.12. The van der Waals surface area contributed by atoms with Crippen molar-refractivity contribution in [1.82, 2.24) is 4.98 Å². The molecule has 42 heavy (non-hydrogen) atoms. The molecule has 2 aliphatic heterocycles. The van der Waals surface area contributed by atoms with Crippen LogP contribution >= 0.6 is 0 Å². The standard InChI is InChI=1S/C18H28O3S.C16H10N2O2/c1-3-4-5-6-7-8-11-22(19)15(2)12-16-9-10-17-18(13-16)21-14-20-17;19-15-10-6-2-4-8-12(10)17-14(15)13-9-5-1-3-7-11(9)18-16(13)20/h9-10,13,15H,3-8,11-12,14H2,1-2H3;1-8,18,20H. The molecule has 7 nitrogen and oxygen atoms in total. The SMILES string of the molecule is CCCCCCCCS(=O)C(C)Cc1ccc2c(c1)OCO2.O=C1C(c2c(O)[nH]c3ccccc23)=Nc2ccccc21. The van der Waals surface area contributed by atoms with Crippen LogP contribution in [0.4, 0.5) is 5.69 Å². The van der Waals surface area contributed by atoms with Crippen LogP contribution in [0.25, 0.3) is 10.9 Å². The van der Waals surface area contributed by atoms with Crippen molar-refractivity contribution in [3.8, 4) is 17.4 Å². The lowest BCUT2D eigenvalue weighted by Crippen LogP contribution is -2.16. The van der Waals surface area contributed by atoms with Crippen molar-refractivity contribution >= 4 is 38.9 Å². The number of carbonyl (C=O) groups excluding carboxylic acids is 1. The highest BCUT2D eigenvalue weighted by atomic mass is 32.2. The number of aliphatic imine (C=N–C) groups is 1. The number of unbranched alkanes of at least 4 members (excludes halogenated alkanes) is 5. The molecule has 0 spiro atoms. The van der Waals surface area contributed by atoms with E-state index in [1.807, 2.05) is 54.6 Å². The first-order valence-electron chi connectivity index (χ1n) is 14.7. The number of nitrogens with one attached hydrogen (secondary N) is 1. The third-order valence-electron chi connectivity index (χ3n) is 7.63. The van der Waals surface area contributed by atoms with Crippen molar-refractivity contribution in [2.24, 2.45) is 4.99 Å². The molecule has 0 fully saturated rings. The highest BCUT2D eigenvalue weighted by molar-refractivity contribution is 7.85. The number of aromatic nitrogens is 1. The fraction of sp³-hybridized carbons (Fsp3) is 0.353. The molecule has 3 heterocycles. The molecule has 2 unspecified atom stereocenters. The number of nitrogens with zero attached hydrogens (tertiary/aromatic N) is 1. The lowest BCUT2D eigenvalue weighted by molar-refractivity contribution is 0.107. The number of rotatable bonds is 11. The monoisotopic (exact) mass is 586 g/mol. The number of carbonyl (C=O) groups is 1. The second-order valence-corrected chi connectivity index (χ2v) is 12.7. The van der Waals surface area contributed by atoms with Gasteiger partial charge >= 0.3 is 0 Å². The third kappa shape index (κ3) is 6.76. The van der Waals surface area contributed by atoms with Crippen molar-refractivity contribution in [2.45, 2.75) is 64.0 Å². The molecule has 0 aliphatic carbocycles. The fourth-order valence-electron chi connectivity index (χ4n) is 5.32. The number of fused-ring (bicyclic) bond motifs is 3. The second-order valence-electron chi connectivity index (χ2n) is 10.8. The molecule has 220 valence electrons. The maximum absolute atomic E-state index is 12.4. The number of H-pyrrole nitrogens is 1. The van der Waals surface area contributed by atoms with Crippen LogP contribution < -0.4 is 9.47 Å². The van der Waals surface area contributed by atoms with Gasteiger partial charge in [0.15, 0.2) is 17.4 Å². The number of hydrogen-bond acceptors (Lipinski definition) is 6. The molecule has 2 atom stereocenters. The van der Waals surface area contributed by atoms with Gasteiger partial charge in [-0.25, -0.2) is 4.99 Å². The maximum atomic E-state index is 12.4. The topological polar surface area (TPSA) is 101 Å². The zero-order chi connectivity index (χ0) is 29.5. The summed E-state index contributed by atoms with van der Waals surface area (Å²) in [4.78, 5) is 19.7. The van der Waals surface area contributed by atoms with Crippen molar-refractivity contribution < 1.29 is 23.6 Å². The smallest absolute Gasteiger partial charge is 0.231 e. The number of aromatic hydroxyl groups is 1. The summed E-state index contributed by atoms with van der Waals surface area (Å²) in [5.41, 5.74) is 3.95. The van der Waals surface area contributed by atoms with Gasteiger partial charge in [0.25, 0.3) is 0 Å². The van der Waals surface area contributed by atoms with Gasteiger partial charge in [0.2, 0.25) is 12.6 Å². The Labute approximate surface area is 249 Å². The van der Waals surface area contributed by atoms with Crippen LogP contribution in [0, 0.1) is 0 Å². The van der Waals surface area contributed by atoms with E-state index in [0.717, 1.165) is 41.0 Å². The van der Waals surface area contributed by atoms with Crippen LogP contribution in [0.5, 0.6) is 17.4 Å². The van der Waals surface area contributed by atoms with E-state index >= 15 is 0 Å². The molecule has 2 N–H and O–H groups in total. The van der Waals surface area contributed by atoms with Gasteiger partial charge in [-0.3, -0.25) is 9.00 Å². The van der Waals surface area contributed by atoms with Crippen LogP contribution in [0.3, 0.4) is 0 Å². The molecular weight excluding hydrogens is 548 g/mol. The molecule has 4 aromatic rings. The highest BCUT2D eigenvalue weighted by Gasteiger charge is 2.29. The zero-order valence-corrected chi connectivity index (χ0v) is 25.0. The Bertz CT molecular complexity index is 1610. The molecule has 3 aromatic carbocycles. The Morgan fingerprint density at radius 3 is 2.52 bits per heavy atom. The Hall–Kier alpha value is -3.91. The highest BCUT2D eigenvalue weighted by Crippen LogP contribution is 2.35. The van der Waals surface area contributed by atoms with E-state index in [9.17, 15) is 14.1 Å². The van der Waals surface area contributed by atoms with E-state index in [1.165, 1.54) is 37.7 Å². The van der Waals surface area contributed by atoms with E-state index in [1.54, 1.807) is 12.1 Å². The molecular formula is C34H38N2O5S. The first-order chi connectivity index (χ1) is 20.5. The molecule has 0 amide bonds. The van der Waals surface area contributed by atoms with E-state index in [2.05, 4.69) is 23.8 Å². The molecule has 0 saturated carbocycles. The summed E-state index contributed by atoms with van der Waals surface area (Å²) >= 11 is 0. The van der Waals surface area contributed by atoms with E-state index in [-0.39, 0.29) is 16.9 Å². The minimum Gasteiger partial charge on any atom is -0.494 e. The van der Waals surface area contributed by atoms with Gasteiger partial charge in [0, 0.05) is 38.3 Å². The first kappa shape index (κ1) is 29.6. The largest absolute Gasteiger partial charge is 0.494 e. The van der Waals surface area contributed by atoms with Crippen molar-refractivity contribution in [3.63, 3.8) is 0 Å². The van der Waals surface area contributed by atoms with E-state index < -0.39 is 10.8 Å². The minimum absolute atomic E-state index is 0.0221. The van der Waals surface area contributed by atoms with Crippen molar-refractivity contribution in [2.75, 3.05) is 12.5 Å². The molecule has 0 saturated heterocycles. The molecule has 1 aromatic heterocycles. The summed E-state index contributed by atoms with van der Waals surface area (Å²) in [5, 5.41) is 11.1. The summed E-state index contributed by atoms with van der Waals surface area (Å²) in [6.45, 7) is 4.61. The number of para-hydroxylation sites is 2. The average molecular weight is 587 g/mol. The molecule has 0 bridgehead atoms. The maximum Gasteiger partial charge on any atom is 0.231 e. The van der Waals surface area contributed by atoms with Gasteiger partial charge in [0.05, 0.1) is 11.3 Å². The third-order valence-corrected chi connectivity index (χ3v) is 9.38. The summed E-state index contributed by atoms with van der Waals surface area (Å²) in [6, 6.07) is 20.7. The van der Waals surface area contributed by atoms with Gasteiger partial charge in [-0.15, -0.1) is 0 Å². The average Bonchev–Trinajstić information content (AvgIpc) is 3.69. The second kappa shape index (κ2) is 13.8. The van der Waals surface area contributed by atoms with Crippen molar-refractivity contribution in [1.29, 1.82) is 0 Å². The summed E-state index contributed by atoms with van der Waals surface area (Å²) in [6.07, 6.45) is 8.32. The minimum atomic E-state index is -0.743. The van der Waals surface area contributed by atoms with E-state index in [0.29, 0.717) is 29.3 Å². The molecule has 6 rings (SSSR count). The quantitative estimate of drug-likeness (QED) is 0.176. The van der Waals surface area contributed by atoms with Crippen molar-refractivity contribution in [3.05, 3.63) is 83.4 Å². The van der Waals surface area contributed by atoms with Gasteiger partial charge < -0.3 is 19.6 Å². The lowest BCUT2D eigenvalue weighted by atomic mass is 10.0. The Kier molecular flexibility index (Phi) is 9.74. The van der Waals surface area contributed by atoms with Gasteiger partial charge in [-0.2, -0.15) is 0 Å². The van der Waals surface area contributed by atoms with Crippen LogP contribution in [0.2, 0.25) is 0 Å². The van der Waals surface area contributed by atoms with Crippen LogP contribution in [-0.4, -0.2) is 43.6 Å². The van der Waals surface area contributed by atoms with Gasteiger partial charge in [-0.1, -0.05) is 82.3 Å². The number of ketones is 1. The number of ether oxygens (including phenoxy) is 2. The Morgan fingerprint density at radius 1 is 0.952 bits per heavy atom. The number of aromatic amines is 1. The predicted octanol–water partition coefficient (Wildman–Crippen LogP) is 7.65. The summed E-state index contributed by atoms with van der Waals surface area (Å²) < 4.78 is 23.0. The van der Waals surface area contributed by atoms with Gasteiger partial charge in [0.1, 0.15) is 5.71 Å². The number of Topliss-reactive ketones (excluding diaryl/α,β-unsaturated/α-hetero) is 1. The van der Waals surface area contributed by atoms with E-state index in [4.69, 9.17) is 9.47 Å². The molecule has 8 heteroatoms. The summed E-state index contributed by atoms with van der Waals surface area (Å²) in [5.74, 6) is 2.28. The molecule has 2 aliphatic rings. The van der Waals surface area contributed by atoms with Crippen LogP contribution in [-0.2, 0) is 17.2 Å². The fourth-order valence-corrected chi connectivity index (χ4v) is 6.59. The Morgan fingerprint density at radius 2 is 1.69 bits per heavy atom. The van der Waals surface area contributed by atoms with Crippen LogP contribution in [0.15, 0.2) is 71.7 Å². The predicted molar refractivity (Wildman–Crippen MR) is 169 cm³/mol. The molecule has 0 radical (unpaired) electrons. The van der Waals surface area contributed by atoms with Gasteiger partial charge in [-0.05, 0) is 48.7 Å². The number of hydrogen-bond donors (Lipinski definition) is 2. The number of benzene rings is 3. The normalized spacial score (nSPS) is 14.7. The first-order valence-corrected chi connectivity index (χ1v) is 16.1. The Balaban J connectivity index is 0.000000168. The summed E-state index contributed by atoms with van der Waals surface area (Å²) in [7, 11) is -0.743.